The molecule has 0 radical (unpaired) electrons. The van der Waals surface area contributed by atoms with Gasteiger partial charge in [-0.2, -0.15) is 0 Å². The Bertz CT molecular complexity index is 1310. The number of nitrogens with one attached hydrogen (secondary N) is 1. The number of rotatable bonds is 7. The monoisotopic (exact) mass is 594 g/mol. The lowest BCUT2D eigenvalue weighted by Gasteiger charge is -2.41. The molecule has 0 bridgehead atoms. The van der Waals surface area contributed by atoms with Gasteiger partial charge in [0.25, 0.3) is 6.04 Å². The number of pyridine rings is 1. The number of aliphatic hydroxyl groups excluding tert-OH is 1. The van der Waals surface area contributed by atoms with E-state index in [2.05, 4.69) is 15.1 Å². The van der Waals surface area contributed by atoms with Gasteiger partial charge in [0.2, 0.25) is 17.7 Å². The SMILES string of the molecule is [C-]#[N+][C@@H]1[C@H](O)C[C@@H]1C(=O)N(c1ccc(S(F)(F)(F)(F)F)cc1)C(C(=O)NC1CCC(F)(F)CC1)c1cccnc1. The number of hydrogen-bond donors (Lipinski definition) is 2. The highest BCUT2D eigenvalue weighted by atomic mass is 32.5. The molecule has 1 aromatic heterocycles. The first-order chi connectivity index (χ1) is 18.4. The van der Waals surface area contributed by atoms with Crippen LogP contribution >= 0.6 is 10.2 Å². The van der Waals surface area contributed by atoms with E-state index in [4.69, 9.17) is 6.57 Å². The summed E-state index contributed by atoms with van der Waals surface area (Å²) in [7, 11) is -10.1. The predicted molar refractivity (Wildman–Crippen MR) is 132 cm³/mol. The summed E-state index contributed by atoms with van der Waals surface area (Å²) in [6, 6.07) is 0.746. The Morgan fingerprint density at radius 2 is 1.73 bits per heavy atom. The zero-order chi connectivity index (χ0) is 29.6. The molecule has 4 atom stereocenters. The van der Waals surface area contributed by atoms with E-state index in [9.17, 15) is 42.9 Å². The predicted octanol–water partition coefficient (Wildman–Crippen LogP) is 6.18. The fourth-order valence-corrected chi connectivity index (χ4v) is 5.55. The third-order valence-corrected chi connectivity index (χ3v) is 8.30. The standard InChI is InChI=1S/C25H25F7N4O3S/c1-33-21-19(13-20(21)37)24(39)36(17-4-6-18(7-5-17)40(28,29,30,31)32)22(15-3-2-12-34-14-15)23(38)35-16-8-10-25(26,27)11-9-16/h2-7,12,14,16,19-22,37H,8-11,13H2,(H,35,38)/t19-,20+,21-,22?/m0/s1. The van der Waals surface area contributed by atoms with E-state index >= 15 is 0 Å². The summed E-state index contributed by atoms with van der Waals surface area (Å²) in [5, 5.41) is 12.6. The Balaban J connectivity index is 1.77. The quantitative estimate of drug-likeness (QED) is 0.296. The summed E-state index contributed by atoms with van der Waals surface area (Å²) >= 11 is 0. The van der Waals surface area contributed by atoms with Gasteiger partial charge in [-0.15, -0.1) is 0 Å². The summed E-state index contributed by atoms with van der Waals surface area (Å²) in [5.74, 6) is -5.82. The zero-order valence-corrected chi connectivity index (χ0v) is 21.5. The summed E-state index contributed by atoms with van der Waals surface area (Å²) in [6.45, 7) is 7.30. The maximum Gasteiger partial charge on any atom is 0.310 e. The number of nitrogens with zero attached hydrogens (tertiary/aromatic N) is 3. The van der Waals surface area contributed by atoms with Crippen molar-refractivity contribution in [3.63, 3.8) is 0 Å². The Morgan fingerprint density at radius 1 is 1.10 bits per heavy atom. The summed E-state index contributed by atoms with van der Waals surface area (Å²) in [6.07, 6.45) is 0.128. The number of aromatic nitrogens is 1. The molecule has 2 saturated carbocycles. The molecule has 40 heavy (non-hydrogen) atoms. The molecule has 4 rings (SSSR count). The first-order valence-electron chi connectivity index (χ1n) is 12.2. The number of carbonyl (C=O) groups is 2. The first kappa shape index (κ1) is 29.6. The minimum Gasteiger partial charge on any atom is -0.385 e. The van der Waals surface area contributed by atoms with Gasteiger partial charge in [-0.05, 0) is 43.2 Å². The van der Waals surface area contributed by atoms with Crippen molar-refractivity contribution in [3.05, 3.63) is 65.8 Å². The zero-order valence-electron chi connectivity index (χ0n) is 20.7. The van der Waals surface area contributed by atoms with Crippen molar-refractivity contribution < 1.29 is 42.9 Å². The molecule has 7 nitrogen and oxygen atoms in total. The summed E-state index contributed by atoms with van der Waals surface area (Å²) < 4.78 is 94.2. The van der Waals surface area contributed by atoms with Crippen LogP contribution in [0.4, 0.5) is 33.9 Å². The van der Waals surface area contributed by atoms with E-state index in [1.807, 2.05) is 0 Å². The first-order valence-corrected chi connectivity index (χ1v) is 14.2. The van der Waals surface area contributed by atoms with Crippen LogP contribution in [0, 0.1) is 12.5 Å². The van der Waals surface area contributed by atoms with Crippen LogP contribution in [0.1, 0.15) is 43.7 Å². The van der Waals surface area contributed by atoms with Crippen molar-refractivity contribution in [2.75, 3.05) is 4.90 Å². The van der Waals surface area contributed by atoms with Gasteiger partial charge in [-0.1, -0.05) is 25.5 Å². The normalized spacial score (nSPS) is 25.3. The third-order valence-electron chi connectivity index (χ3n) is 7.14. The van der Waals surface area contributed by atoms with Gasteiger partial charge in [-0.25, -0.2) is 15.4 Å². The van der Waals surface area contributed by atoms with Crippen LogP contribution in [0.2, 0.25) is 0 Å². The van der Waals surface area contributed by atoms with Crippen molar-refractivity contribution in [3.8, 4) is 0 Å². The second-order valence-corrected chi connectivity index (χ2v) is 12.4. The van der Waals surface area contributed by atoms with E-state index in [0.29, 0.717) is 12.1 Å². The Hall–Kier alpha value is -3.38. The Labute approximate surface area is 224 Å². The van der Waals surface area contributed by atoms with E-state index in [0.717, 1.165) is 4.90 Å². The highest BCUT2D eigenvalue weighted by Crippen LogP contribution is 3.02. The van der Waals surface area contributed by atoms with Crippen LogP contribution in [0.3, 0.4) is 0 Å². The highest BCUT2D eigenvalue weighted by Gasteiger charge is 2.65. The molecular weight excluding hydrogens is 569 g/mol. The van der Waals surface area contributed by atoms with E-state index in [1.54, 1.807) is 0 Å². The largest absolute Gasteiger partial charge is 0.385 e. The average Bonchev–Trinajstić information content (AvgIpc) is 2.86. The van der Waals surface area contributed by atoms with Crippen LogP contribution in [0.25, 0.3) is 4.85 Å². The molecular formula is C25H25F7N4O3S. The topological polar surface area (TPSA) is 86.9 Å². The van der Waals surface area contributed by atoms with Gasteiger partial charge in [0.15, 0.2) is 0 Å². The number of aliphatic hydroxyl groups is 1. The number of amides is 2. The molecule has 0 spiro atoms. The molecule has 15 heteroatoms. The summed E-state index contributed by atoms with van der Waals surface area (Å²) in [4.78, 5) is 33.1. The number of halogens is 7. The molecule has 1 aromatic carbocycles. The molecule has 2 aliphatic rings. The number of hydrogen-bond acceptors (Lipinski definition) is 4. The number of benzene rings is 1. The number of anilines is 1. The van der Waals surface area contributed by atoms with Crippen molar-refractivity contribution in [2.24, 2.45) is 5.92 Å². The molecule has 2 amide bonds. The van der Waals surface area contributed by atoms with Gasteiger partial charge < -0.3 is 15.3 Å². The molecule has 1 heterocycles. The van der Waals surface area contributed by atoms with Gasteiger partial charge in [0, 0.05) is 48.9 Å². The van der Waals surface area contributed by atoms with Crippen LogP contribution in [-0.2, 0) is 9.59 Å². The van der Waals surface area contributed by atoms with Crippen LogP contribution < -0.4 is 10.2 Å². The third kappa shape index (κ3) is 6.33. The molecule has 1 unspecified atom stereocenters. The highest BCUT2D eigenvalue weighted by molar-refractivity contribution is 8.45. The second-order valence-electron chi connectivity index (χ2n) is 10.0. The van der Waals surface area contributed by atoms with E-state index in [-0.39, 0.29) is 42.6 Å². The van der Waals surface area contributed by atoms with Crippen molar-refractivity contribution >= 4 is 27.7 Å². The smallest absolute Gasteiger partial charge is 0.310 e. The number of alkyl halides is 2. The second kappa shape index (κ2) is 9.62. The molecule has 2 fully saturated rings. The molecule has 0 aliphatic heterocycles. The van der Waals surface area contributed by atoms with Crippen LogP contribution in [0.15, 0.2) is 53.7 Å². The fraction of sp³-hybridized carbons (Fsp3) is 0.440. The van der Waals surface area contributed by atoms with Gasteiger partial charge in [0.05, 0.1) is 0 Å². The molecule has 0 saturated heterocycles. The lowest BCUT2D eigenvalue weighted by atomic mass is 9.76. The lowest BCUT2D eigenvalue weighted by molar-refractivity contribution is -0.133. The maximum absolute atomic E-state index is 13.8. The lowest BCUT2D eigenvalue weighted by Crippen LogP contribution is -2.56. The van der Waals surface area contributed by atoms with Gasteiger partial charge >= 0.3 is 10.2 Å². The maximum atomic E-state index is 13.8. The molecule has 2 aliphatic carbocycles. The average molecular weight is 595 g/mol. The molecule has 2 N–H and O–H groups in total. The van der Waals surface area contributed by atoms with Crippen molar-refractivity contribution in [1.29, 1.82) is 0 Å². The minimum atomic E-state index is -10.1. The van der Waals surface area contributed by atoms with Crippen molar-refractivity contribution in [2.45, 2.75) is 67.2 Å². The van der Waals surface area contributed by atoms with Crippen LogP contribution in [-0.4, -0.2) is 46.0 Å². The van der Waals surface area contributed by atoms with Crippen molar-refractivity contribution in [1.82, 2.24) is 10.3 Å². The van der Waals surface area contributed by atoms with E-state index < -0.39 is 75.8 Å². The fourth-order valence-electron chi connectivity index (χ4n) is 4.90. The Kier molecular flexibility index (Phi) is 7.12. The molecule has 218 valence electrons. The summed E-state index contributed by atoms with van der Waals surface area (Å²) in [5.41, 5.74) is -0.273. The minimum absolute atomic E-state index is 0.0698. The molecule has 2 aromatic rings. The number of carbonyl (C=O) groups excluding carboxylic acids is 2. The van der Waals surface area contributed by atoms with Gasteiger partial charge in [-0.3, -0.25) is 19.5 Å². The van der Waals surface area contributed by atoms with Gasteiger partial charge in [0.1, 0.15) is 23.0 Å². The van der Waals surface area contributed by atoms with Crippen LogP contribution in [0.5, 0.6) is 0 Å². The Morgan fingerprint density at radius 3 is 2.23 bits per heavy atom. The van der Waals surface area contributed by atoms with E-state index in [1.165, 1.54) is 24.5 Å².